The highest BCUT2D eigenvalue weighted by Gasteiger charge is 2.09. The van der Waals surface area contributed by atoms with Gasteiger partial charge in [-0.2, -0.15) is 0 Å². The van der Waals surface area contributed by atoms with E-state index in [1.807, 2.05) is 54.1 Å². The van der Waals surface area contributed by atoms with Gasteiger partial charge >= 0.3 is 0 Å². The molecule has 1 N–H and O–H groups in total. The van der Waals surface area contributed by atoms with Gasteiger partial charge in [-0.1, -0.05) is 6.08 Å². The van der Waals surface area contributed by atoms with Gasteiger partial charge in [0.15, 0.2) is 0 Å². The van der Waals surface area contributed by atoms with E-state index in [9.17, 15) is 4.79 Å². The van der Waals surface area contributed by atoms with Crippen LogP contribution in [0.1, 0.15) is 11.3 Å². The van der Waals surface area contributed by atoms with E-state index in [2.05, 4.69) is 11.9 Å². The molecule has 2 aromatic rings. The molecule has 1 aromatic heterocycles. The minimum absolute atomic E-state index is 0.0384. The SMILES string of the molecule is C=CCn1cc(C)cc1CC(=O)Nc1ccc(OC)cc1. The lowest BCUT2D eigenvalue weighted by Crippen LogP contribution is -2.16. The third-order valence-corrected chi connectivity index (χ3v) is 3.16. The first kappa shape index (κ1) is 14.9. The number of carbonyl (C=O) groups excluding carboxylic acids is 1. The number of hydrogen-bond acceptors (Lipinski definition) is 2. The highest BCUT2D eigenvalue weighted by Crippen LogP contribution is 2.16. The zero-order valence-electron chi connectivity index (χ0n) is 12.4. The van der Waals surface area contributed by atoms with Gasteiger partial charge in [0.05, 0.1) is 13.5 Å². The van der Waals surface area contributed by atoms with Crippen molar-refractivity contribution < 1.29 is 9.53 Å². The maximum absolute atomic E-state index is 12.1. The Morgan fingerprint density at radius 1 is 1.38 bits per heavy atom. The van der Waals surface area contributed by atoms with E-state index in [0.29, 0.717) is 13.0 Å². The minimum atomic E-state index is -0.0384. The van der Waals surface area contributed by atoms with Crippen LogP contribution in [0.3, 0.4) is 0 Å². The molecule has 1 amide bonds. The molecule has 0 fully saturated rings. The fraction of sp³-hybridized carbons (Fsp3) is 0.235. The van der Waals surface area contributed by atoms with Crippen molar-refractivity contribution in [1.82, 2.24) is 4.57 Å². The molecule has 4 heteroatoms. The highest BCUT2D eigenvalue weighted by molar-refractivity contribution is 5.92. The molecule has 0 bridgehead atoms. The summed E-state index contributed by atoms with van der Waals surface area (Å²) in [4.78, 5) is 12.1. The summed E-state index contributed by atoms with van der Waals surface area (Å²) in [7, 11) is 1.61. The summed E-state index contributed by atoms with van der Waals surface area (Å²) in [5.74, 6) is 0.729. The Morgan fingerprint density at radius 2 is 2.10 bits per heavy atom. The monoisotopic (exact) mass is 284 g/mol. The Labute approximate surface area is 125 Å². The van der Waals surface area contributed by atoms with Crippen molar-refractivity contribution in [3.63, 3.8) is 0 Å². The average molecular weight is 284 g/mol. The molecule has 0 saturated heterocycles. The Kier molecular flexibility index (Phi) is 4.82. The summed E-state index contributed by atoms with van der Waals surface area (Å²) >= 11 is 0. The third kappa shape index (κ3) is 3.99. The fourth-order valence-electron chi connectivity index (χ4n) is 2.22. The van der Waals surface area contributed by atoms with Gasteiger partial charge in [-0.25, -0.2) is 0 Å². The summed E-state index contributed by atoms with van der Waals surface area (Å²) in [6, 6.07) is 9.31. The van der Waals surface area contributed by atoms with E-state index in [-0.39, 0.29) is 5.91 Å². The summed E-state index contributed by atoms with van der Waals surface area (Å²) < 4.78 is 7.13. The first-order valence-electron chi connectivity index (χ1n) is 6.83. The number of methoxy groups -OCH3 is 1. The van der Waals surface area contributed by atoms with E-state index in [4.69, 9.17) is 4.74 Å². The number of anilines is 1. The maximum Gasteiger partial charge on any atom is 0.230 e. The molecule has 0 unspecified atom stereocenters. The number of aryl methyl sites for hydroxylation is 1. The first-order valence-corrected chi connectivity index (χ1v) is 6.83. The molecular formula is C17H20N2O2. The first-order chi connectivity index (χ1) is 10.1. The van der Waals surface area contributed by atoms with Crippen LogP contribution in [0.4, 0.5) is 5.69 Å². The topological polar surface area (TPSA) is 43.3 Å². The predicted octanol–water partition coefficient (Wildman–Crippen LogP) is 3.17. The number of aromatic nitrogens is 1. The van der Waals surface area contributed by atoms with E-state index in [1.165, 1.54) is 0 Å². The molecule has 110 valence electrons. The molecule has 4 nitrogen and oxygen atoms in total. The number of rotatable bonds is 6. The lowest BCUT2D eigenvalue weighted by Gasteiger charge is -2.08. The molecule has 0 aliphatic heterocycles. The highest BCUT2D eigenvalue weighted by atomic mass is 16.5. The van der Waals surface area contributed by atoms with Crippen LogP contribution in [0.2, 0.25) is 0 Å². The maximum atomic E-state index is 12.1. The van der Waals surface area contributed by atoms with Gasteiger partial charge in [0.2, 0.25) is 5.91 Å². The Balaban J connectivity index is 2.02. The molecule has 2 rings (SSSR count). The van der Waals surface area contributed by atoms with Crippen LogP contribution < -0.4 is 10.1 Å². The normalized spacial score (nSPS) is 10.2. The smallest absolute Gasteiger partial charge is 0.230 e. The van der Waals surface area contributed by atoms with Gasteiger partial charge in [0.25, 0.3) is 0 Å². The van der Waals surface area contributed by atoms with Crippen molar-refractivity contribution >= 4 is 11.6 Å². The van der Waals surface area contributed by atoms with Crippen LogP contribution in [0.5, 0.6) is 5.75 Å². The zero-order chi connectivity index (χ0) is 15.2. The average Bonchev–Trinajstić information content (AvgIpc) is 2.80. The van der Waals surface area contributed by atoms with Crippen LogP contribution in [-0.2, 0) is 17.8 Å². The standard InChI is InChI=1S/C17H20N2O2/c1-4-9-19-12-13(2)10-15(19)11-17(20)18-14-5-7-16(21-3)8-6-14/h4-8,10,12H,1,9,11H2,2-3H3,(H,18,20). The van der Waals surface area contributed by atoms with Crippen molar-refractivity contribution in [2.75, 3.05) is 12.4 Å². The second-order valence-electron chi connectivity index (χ2n) is 4.90. The van der Waals surface area contributed by atoms with Crippen molar-refractivity contribution in [2.24, 2.45) is 0 Å². The zero-order valence-corrected chi connectivity index (χ0v) is 12.4. The number of benzene rings is 1. The van der Waals surface area contributed by atoms with Gasteiger partial charge < -0.3 is 14.6 Å². The van der Waals surface area contributed by atoms with E-state index in [0.717, 1.165) is 22.7 Å². The molecule has 1 heterocycles. The number of ether oxygens (including phenoxy) is 1. The lowest BCUT2D eigenvalue weighted by molar-refractivity contribution is -0.115. The van der Waals surface area contributed by atoms with E-state index < -0.39 is 0 Å². The van der Waals surface area contributed by atoms with Crippen LogP contribution in [0.15, 0.2) is 49.2 Å². The van der Waals surface area contributed by atoms with E-state index in [1.54, 1.807) is 7.11 Å². The van der Waals surface area contributed by atoms with Crippen LogP contribution >= 0.6 is 0 Å². The molecule has 0 spiro atoms. The second kappa shape index (κ2) is 6.79. The molecule has 21 heavy (non-hydrogen) atoms. The van der Waals surface area contributed by atoms with Crippen LogP contribution in [0, 0.1) is 6.92 Å². The Bertz CT molecular complexity index is 627. The molecular weight excluding hydrogens is 264 g/mol. The number of nitrogens with zero attached hydrogens (tertiary/aromatic N) is 1. The third-order valence-electron chi connectivity index (χ3n) is 3.16. The van der Waals surface area contributed by atoms with Crippen molar-refractivity contribution in [3.05, 3.63) is 60.4 Å². The number of carbonyl (C=O) groups is 1. The number of amides is 1. The Hall–Kier alpha value is -2.49. The number of allylic oxidation sites excluding steroid dienone is 1. The van der Waals surface area contributed by atoms with Gasteiger partial charge in [0.1, 0.15) is 5.75 Å². The largest absolute Gasteiger partial charge is 0.497 e. The molecule has 0 aliphatic rings. The molecule has 0 radical (unpaired) electrons. The quantitative estimate of drug-likeness (QED) is 0.828. The van der Waals surface area contributed by atoms with Gasteiger partial charge in [0, 0.05) is 24.1 Å². The predicted molar refractivity (Wildman–Crippen MR) is 84.7 cm³/mol. The summed E-state index contributed by atoms with van der Waals surface area (Å²) in [6.45, 7) is 6.46. The Morgan fingerprint density at radius 3 is 2.71 bits per heavy atom. The van der Waals surface area contributed by atoms with Crippen molar-refractivity contribution in [2.45, 2.75) is 19.9 Å². The van der Waals surface area contributed by atoms with E-state index >= 15 is 0 Å². The molecule has 0 aliphatic carbocycles. The van der Waals surface area contributed by atoms with Crippen LogP contribution in [-0.4, -0.2) is 17.6 Å². The fourth-order valence-corrected chi connectivity index (χ4v) is 2.22. The lowest BCUT2D eigenvalue weighted by atomic mass is 10.2. The number of nitrogens with one attached hydrogen (secondary N) is 1. The molecule has 0 atom stereocenters. The van der Waals surface area contributed by atoms with Gasteiger partial charge in [-0.05, 0) is 42.8 Å². The van der Waals surface area contributed by atoms with Gasteiger partial charge in [-0.3, -0.25) is 4.79 Å². The van der Waals surface area contributed by atoms with Gasteiger partial charge in [-0.15, -0.1) is 6.58 Å². The molecule has 0 saturated carbocycles. The minimum Gasteiger partial charge on any atom is -0.497 e. The summed E-state index contributed by atoms with van der Waals surface area (Å²) in [5.41, 5.74) is 2.89. The second-order valence-corrected chi connectivity index (χ2v) is 4.90. The van der Waals surface area contributed by atoms with Crippen molar-refractivity contribution in [1.29, 1.82) is 0 Å². The molecule has 1 aromatic carbocycles. The van der Waals surface area contributed by atoms with Crippen LogP contribution in [0.25, 0.3) is 0 Å². The summed E-state index contributed by atoms with van der Waals surface area (Å²) in [5, 5.41) is 2.89. The number of hydrogen-bond donors (Lipinski definition) is 1. The summed E-state index contributed by atoms with van der Waals surface area (Å²) in [6.07, 6.45) is 4.19. The van der Waals surface area contributed by atoms with Crippen molar-refractivity contribution in [3.8, 4) is 5.75 Å².